The predicted molar refractivity (Wildman–Crippen MR) is 82.5 cm³/mol. The van der Waals surface area contributed by atoms with Gasteiger partial charge in [0, 0.05) is 21.5 Å². The molecule has 0 aliphatic heterocycles. The summed E-state index contributed by atoms with van der Waals surface area (Å²) >= 11 is 0. The SMILES string of the molecule is [2H]OC(C)(C)[C@@H]1CC[C@]2(C)CC([2H])([2H])C(=O)C(C([2H])([2H])C([2H])([2H])C([2H])([2H])C([2H])([2H])[2H])=C2C1. The summed E-state index contributed by atoms with van der Waals surface area (Å²) in [5.41, 5.74) is -2.69. The molecule has 0 aromatic heterocycles. The highest BCUT2D eigenvalue weighted by atomic mass is 16.3. The first kappa shape index (κ1) is 6.24. The van der Waals surface area contributed by atoms with E-state index in [1.807, 2.05) is 0 Å². The number of carbonyl (C=O) groups is 1. The molecule has 2 atom stereocenters. The maximum absolute atomic E-state index is 13.2. The summed E-state index contributed by atoms with van der Waals surface area (Å²) < 4.78 is 95.3. The van der Waals surface area contributed by atoms with Gasteiger partial charge in [0.1, 0.15) is 0 Å². The first-order chi connectivity index (χ1) is 14.0. The summed E-state index contributed by atoms with van der Waals surface area (Å²) in [7, 11) is 0. The average Bonchev–Trinajstić information content (AvgIpc) is 2.60. The van der Waals surface area contributed by atoms with E-state index in [9.17, 15) is 4.79 Å². The van der Waals surface area contributed by atoms with Gasteiger partial charge < -0.3 is 5.11 Å². The summed E-state index contributed by atoms with van der Waals surface area (Å²) in [4.78, 5) is 13.2. The number of aliphatic hydroxyl groups is 1. The highest BCUT2D eigenvalue weighted by Crippen LogP contribution is 2.52. The monoisotopic (exact) mass is 290 g/mol. The molecule has 2 nitrogen and oxygen atoms in total. The molecule has 0 saturated heterocycles. The minimum absolute atomic E-state index is 0.0197. The first-order valence-corrected chi connectivity index (χ1v) is 6.93. The quantitative estimate of drug-likeness (QED) is 0.814. The minimum Gasteiger partial charge on any atom is -0.390 e. The molecule has 1 saturated carbocycles. The van der Waals surface area contributed by atoms with Crippen LogP contribution in [-0.2, 0) is 4.79 Å². The molecule has 1 fully saturated rings. The number of Topliss-reactive ketones (excluding diaryl/α,β-unsaturated/α-hetero) is 1. The molecule has 20 heavy (non-hydrogen) atoms. The summed E-state index contributed by atoms with van der Waals surface area (Å²) in [6, 6.07) is 0. The highest BCUT2D eigenvalue weighted by Gasteiger charge is 2.44. The lowest BCUT2D eigenvalue weighted by Gasteiger charge is -2.46. The standard InChI is InChI=1S/C18H30O2/c1-5-6-7-14-15-12-13(17(2,3)20)8-10-18(15,4)11-9-16(14)19/h13,20H,5-12H2,1-4H3/t13-,18-/m1/s1/i1D3,5D2,6D2,7D2,9D2,20D. The van der Waals surface area contributed by atoms with Gasteiger partial charge >= 0.3 is 0 Å². The fourth-order valence-corrected chi connectivity index (χ4v) is 3.16. The van der Waals surface area contributed by atoms with Crippen molar-refractivity contribution in [3.05, 3.63) is 11.1 Å². The van der Waals surface area contributed by atoms with Crippen molar-refractivity contribution in [3.8, 4) is 0 Å². The second kappa shape index (κ2) is 5.63. The van der Waals surface area contributed by atoms with Crippen molar-refractivity contribution in [3.63, 3.8) is 0 Å². The molecule has 0 radical (unpaired) electrons. The average molecular weight is 291 g/mol. The van der Waals surface area contributed by atoms with Crippen LogP contribution in [0.2, 0.25) is 0 Å². The number of allylic oxidation sites excluding steroid dienone is 2. The fourth-order valence-electron chi connectivity index (χ4n) is 3.16. The van der Waals surface area contributed by atoms with Crippen LogP contribution in [0.25, 0.3) is 0 Å². The van der Waals surface area contributed by atoms with Gasteiger partial charge in [0.25, 0.3) is 0 Å². The van der Waals surface area contributed by atoms with Crippen molar-refractivity contribution in [1.29, 1.82) is 1.43 Å². The van der Waals surface area contributed by atoms with Gasteiger partial charge in [-0.1, -0.05) is 25.7 Å². The third kappa shape index (κ3) is 3.00. The molecule has 0 bridgehead atoms. The Balaban J connectivity index is 2.82. The predicted octanol–water partition coefficient (Wildman–Crippen LogP) is 4.41. The lowest BCUT2D eigenvalue weighted by Crippen LogP contribution is -2.40. The third-order valence-corrected chi connectivity index (χ3v) is 4.62. The number of hydrogen-bond acceptors (Lipinski definition) is 2. The van der Waals surface area contributed by atoms with Gasteiger partial charge in [-0.3, -0.25) is 4.79 Å². The van der Waals surface area contributed by atoms with Crippen molar-refractivity contribution < 1.29 is 25.0 Å². The Morgan fingerprint density at radius 1 is 1.60 bits per heavy atom. The molecule has 1 N–H and O–H groups in total. The zero-order chi connectivity index (χ0) is 25.3. The Morgan fingerprint density at radius 3 is 3.10 bits per heavy atom. The second-order valence-corrected chi connectivity index (χ2v) is 6.52. The Bertz CT molecular complexity index is 811. The van der Waals surface area contributed by atoms with Gasteiger partial charge in [-0.05, 0) is 69.2 Å². The summed E-state index contributed by atoms with van der Waals surface area (Å²) in [6.45, 7) is 1.42. The fraction of sp³-hybridized carbons (Fsp3) is 0.833. The van der Waals surface area contributed by atoms with E-state index in [0.29, 0.717) is 12.8 Å². The van der Waals surface area contributed by atoms with Gasteiger partial charge in [0.2, 0.25) is 1.43 Å². The van der Waals surface area contributed by atoms with Gasteiger partial charge in [-0.2, -0.15) is 0 Å². The van der Waals surface area contributed by atoms with Crippen molar-refractivity contribution in [2.75, 3.05) is 0 Å². The Labute approximate surface area is 140 Å². The zero-order valence-electron chi connectivity index (χ0n) is 24.2. The minimum atomic E-state index is -3.69. The Morgan fingerprint density at radius 2 is 2.40 bits per heavy atom. The molecule has 0 heterocycles. The molecule has 0 unspecified atom stereocenters. The largest absolute Gasteiger partial charge is 0.390 e. The van der Waals surface area contributed by atoms with Gasteiger partial charge in [-0.15, -0.1) is 0 Å². The van der Waals surface area contributed by atoms with Crippen LogP contribution in [0.1, 0.15) is 93.9 Å². The Hall–Kier alpha value is -0.630. The summed E-state index contributed by atoms with van der Waals surface area (Å²) in [6.07, 6.45) is -12.7. The van der Waals surface area contributed by atoms with E-state index >= 15 is 0 Å². The van der Waals surface area contributed by atoms with E-state index in [4.69, 9.17) is 21.6 Å². The van der Waals surface area contributed by atoms with Gasteiger partial charge in [0.15, 0.2) is 5.78 Å². The number of fused-ring (bicyclic) bond motifs is 1. The van der Waals surface area contributed by atoms with Crippen LogP contribution in [0, 0.1) is 11.3 Å². The van der Waals surface area contributed by atoms with Crippen LogP contribution in [0.4, 0.5) is 0 Å². The van der Waals surface area contributed by atoms with Crippen molar-refractivity contribution >= 4 is 5.78 Å². The van der Waals surface area contributed by atoms with Crippen LogP contribution in [0.15, 0.2) is 11.1 Å². The summed E-state index contributed by atoms with van der Waals surface area (Å²) in [5.74, 6) is -1.67. The van der Waals surface area contributed by atoms with E-state index in [1.54, 1.807) is 20.8 Å². The molecule has 0 spiro atoms. The van der Waals surface area contributed by atoms with Crippen LogP contribution in [0.3, 0.4) is 0 Å². The summed E-state index contributed by atoms with van der Waals surface area (Å²) in [5, 5.41) is 4.81. The number of hydrogen-bond donors (Lipinski definition) is 1. The molecular formula is C18H30O2. The number of carbonyl (C=O) groups excluding carboxylic acids is 1. The van der Waals surface area contributed by atoms with Crippen LogP contribution >= 0.6 is 0 Å². The van der Waals surface area contributed by atoms with Crippen LogP contribution in [-0.4, -0.2) is 17.9 Å². The van der Waals surface area contributed by atoms with E-state index in [-0.39, 0.29) is 24.3 Å². The molecule has 2 heteroatoms. The van der Waals surface area contributed by atoms with Gasteiger partial charge in [-0.25, -0.2) is 0 Å². The second-order valence-electron chi connectivity index (χ2n) is 6.52. The number of ketones is 1. The van der Waals surface area contributed by atoms with Crippen molar-refractivity contribution in [2.24, 2.45) is 11.3 Å². The van der Waals surface area contributed by atoms with Crippen molar-refractivity contribution in [1.82, 2.24) is 0 Å². The van der Waals surface area contributed by atoms with E-state index in [2.05, 4.69) is 0 Å². The highest BCUT2D eigenvalue weighted by molar-refractivity contribution is 5.97. The normalized spacial score (nSPS) is 45.5. The molecular weight excluding hydrogens is 248 g/mol. The third-order valence-electron chi connectivity index (χ3n) is 4.62. The van der Waals surface area contributed by atoms with Gasteiger partial charge in [0.05, 0.1) is 5.60 Å². The molecule has 2 aliphatic carbocycles. The molecule has 0 aromatic carbocycles. The molecule has 2 aliphatic rings. The van der Waals surface area contributed by atoms with Crippen LogP contribution in [0.5, 0.6) is 0 Å². The molecule has 114 valence electrons. The maximum atomic E-state index is 13.2. The first-order valence-electron chi connectivity index (χ1n) is 12.8. The lowest BCUT2D eigenvalue weighted by atomic mass is 9.59. The van der Waals surface area contributed by atoms with E-state index in [1.165, 1.54) is 0 Å². The zero-order valence-corrected chi connectivity index (χ0v) is 12.2. The number of rotatable bonds is 5. The molecule has 0 amide bonds. The van der Waals surface area contributed by atoms with E-state index < -0.39 is 54.7 Å². The molecule has 0 aromatic rings. The Kier molecular flexibility index (Phi) is 1.76. The van der Waals surface area contributed by atoms with Crippen LogP contribution < -0.4 is 0 Å². The van der Waals surface area contributed by atoms with Crippen molar-refractivity contribution in [2.45, 2.75) is 84.4 Å². The maximum Gasteiger partial charge on any atom is 0.211 e. The smallest absolute Gasteiger partial charge is 0.211 e. The molecule has 2 rings (SSSR count). The topological polar surface area (TPSA) is 37.3 Å². The lowest BCUT2D eigenvalue weighted by molar-refractivity contribution is -0.117. The van der Waals surface area contributed by atoms with E-state index in [0.717, 1.165) is 0 Å².